The van der Waals surface area contributed by atoms with E-state index in [0.717, 1.165) is 36.1 Å². The van der Waals surface area contributed by atoms with Crippen molar-refractivity contribution in [3.8, 4) is 17.0 Å². The Hall–Kier alpha value is -2.25. The van der Waals surface area contributed by atoms with Crippen molar-refractivity contribution in [2.45, 2.75) is 19.3 Å². The third-order valence-electron chi connectivity index (χ3n) is 4.01. The first-order valence-electron chi connectivity index (χ1n) is 7.61. The van der Waals surface area contributed by atoms with Gasteiger partial charge in [-0.25, -0.2) is 4.98 Å². The molecule has 4 N–H and O–H groups in total. The minimum atomic E-state index is 0.146. The number of benzene rings is 1. The molecule has 5 nitrogen and oxygen atoms in total. The van der Waals surface area contributed by atoms with Crippen molar-refractivity contribution in [2.75, 3.05) is 12.4 Å². The summed E-state index contributed by atoms with van der Waals surface area (Å²) in [5.74, 6) is 0.572. The summed E-state index contributed by atoms with van der Waals surface area (Å²) in [4.78, 5) is 4.17. The van der Waals surface area contributed by atoms with Crippen LogP contribution in [-0.4, -0.2) is 22.3 Å². The molecule has 0 bridgehead atoms. The number of hydrogen-bond donors (Lipinski definition) is 3. The highest BCUT2D eigenvalue weighted by Gasteiger charge is 2.20. The van der Waals surface area contributed by atoms with E-state index in [9.17, 15) is 0 Å². The number of thiocarbonyl (C=S) groups is 2. The zero-order valence-corrected chi connectivity index (χ0v) is 14.9. The second kappa shape index (κ2) is 7.11. The summed E-state index contributed by atoms with van der Waals surface area (Å²) < 4.78 is 5.24. The topological polar surface area (TPSA) is 72.2 Å². The quantitative estimate of drug-likeness (QED) is 0.729. The number of pyridine rings is 1. The second-order valence-corrected chi connectivity index (χ2v) is 6.36. The van der Waals surface area contributed by atoms with Crippen LogP contribution >= 0.6 is 24.4 Å². The molecule has 1 heterocycles. The average molecular weight is 358 g/mol. The summed E-state index contributed by atoms with van der Waals surface area (Å²) >= 11 is 10.2. The lowest BCUT2D eigenvalue weighted by atomic mass is 9.98. The van der Waals surface area contributed by atoms with Gasteiger partial charge in [-0.05, 0) is 66.5 Å². The Morgan fingerprint density at radius 1 is 1.25 bits per heavy atom. The standard InChI is InChI=1S/C17H18N4OS2/c1-22-14-9-11(7-8-19-14)13-6-5-10-3-2-4-12(10)15(13)20-17(24)21-16(18)23/h5-9H,2-4H2,1H3,(H4,18,20,21,23,24). The summed E-state index contributed by atoms with van der Waals surface area (Å²) in [5, 5.41) is 6.59. The number of nitrogens with zero attached hydrogens (tertiary/aromatic N) is 1. The van der Waals surface area contributed by atoms with E-state index in [1.807, 2.05) is 12.1 Å². The van der Waals surface area contributed by atoms with Crippen LogP contribution in [0.15, 0.2) is 30.5 Å². The van der Waals surface area contributed by atoms with Crippen LogP contribution in [0, 0.1) is 0 Å². The first kappa shape index (κ1) is 16.6. The molecule has 1 aliphatic rings. The van der Waals surface area contributed by atoms with Crippen molar-refractivity contribution in [2.24, 2.45) is 5.73 Å². The lowest BCUT2D eigenvalue weighted by molar-refractivity contribution is 0.398. The number of nitrogens with two attached hydrogens (primary N) is 1. The smallest absolute Gasteiger partial charge is 0.213 e. The number of hydrogen-bond acceptors (Lipinski definition) is 4. The molecule has 0 spiro atoms. The summed E-state index contributed by atoms with van der Waals surface area (Å²) in [6, 6.07) is 8.14. The summed E-state index contributed by atoms with van der Waals surface area (Å²) in [5.41, 5.74) is 11.2. The van der Waals surface area contributed by atoms with Crippen LogP contribution in [0.4, 0.5) is 5.69 Å². The molecule has 3 rings (SSSR count). The molecule has 0 fully saturated rings. The fourth-order valence-electron chi connectivity index (χ4n) is 2.99. The van der Waals surface area contributed by atoms with Crippen molar-refractivity contribution in [3.63, 3.8) is 0 Å². The Bertz CT molecular complexity index is 807. The number of aryl methyl sites for hydroxylation is 1. The molecule has 0 radical (unpaired) electrons. The number of rotatable bonds is 3. The van der Waals surface area contributed by atoms with Crippen LogP contribution in [0.5, 0.6) is 5.88 Å². The normalized spacial score (nSPS) is 12.4. The maximum atomic E-state index is 5.51. The van der Waals surface area contributed by atoms with Gasteiger partial charge in [-0.1, -0.05) is 12.1 Å². The SMILES string of the molecule is COc1cc(-c2ccc3c(c2NC(=S)NC(N)=S)CCC3)ccn1. The van der Waals surface area contributed by atoms with Crippen molar-refractivity contribution in [1.29, 1.82) is 0 Å². The number of anilines is 1. The number of methoxy groups -OCH3 is 1. The van der Waals surface area contributed by atoms with Crippen molar-refractivity contribution >= 4 is 40.3 Å². The van der Waals surface area contributed by atoms with Crippen LogP contribution < -0.4 is 21.1 Å². The zero-order chi connectivity index (χ0) is 17.1. The van der Waals surface area contributed by atoms with Gasteiger partial charge in [0.1, 0.15) is 0 Å². The van der Waals surface area contributed by atoms with Gasteiger partial charge in [-0.2, -0.15) is 0 Å². The van der Waals surface area contributed by atoms with Crippen LogP contribution in [0.2, 0.25) is 0 Å². The van der Waals surface area contributed by atoms with Gasteiger partial charge in [-0.15, -0.1) is 0 Å². The van der Waals surface area contributed by atoms with Gasteiger partial charge in [0, 0.05) is 17.8 Å². The monoisotopic (exact) mass is 358 g/mol. The molecule has 2 aromatic rings. The maximum absolute atomic E-state index is 5.51. The Labute approximate surface area is 151 Å². The molecule has 1 aliphatic carbocycles. The Balaban J connectivity index is 2.05. The maximum Gasteiger partial charge on any atom is 0.213 e. The van der Waals surface area contributed by atoms with Gasteiger partial charge in [0.15, 0.2) is 10.2 Å². The third kappa shape index (κ3) is 3.47. The van der Waals surface area contributed by atoms with E-state index >= 15 is 0 Å². The van der Waals surface area contributed by atoms with Gasteiger partial charge in [0.05, 0.1) is 12.8 Å². The van der Waals surface area contributed by atoms with E-state index in [1.54, 1.807) is 13.3 Å². The fourth-order valence-corrected chi connectivity index (χ4v) is 3.37. The van der Waals surface area contributed by atoms with E-state index in [-0.39, 0.29) is 5.11 Å². The highest BCUT2D eigenvalue weighted by molar-refractivity contribution is 7.82. The van der Waals surface area contributed by atoms with E-state index < -0.39 is 0 Å². The molecule has 0 aliphatic heterocycles. The van der Waals surface area contributed by atoms with Crippen LogP contribution in [-0.2, 0) is 12.8 Å². The van der Waals surface area contributed by atoms with E-state index in [0.29, 0.717) is 11.0 Å². The lowest BCUT2D eigenvalue weighted by Gasteiger charge is -2.18. The van der Waals surface area contributed by atoms with Crippen LogP contribution in [0.25, 0.3) is 11.1 Å². The minimum Gasteiger partial charge on any atom is -0.481 e. The first-order valence-corrected chi connectivity index (χ1v) is 8.42. The number of ether oxygens (including phenoxy) is 1. The predicted molar refractivity (Wildman–Crippen MR) is 104 cm³/mol. The Morgan fingerprint density at radius 2 is 2.08 bits per heavy atom. The Morgan fingerprint density at radius 3 is 2.83 bits per heavy atom. The number of nitrogens with one attached hydrogen (secondary N) is 2. The fraction of sp³-hybridized carbons (Fsp3) is 0.235. The molecule has 0 saturated carbocycles. The largest absolute Gasteiger partial charge is 0.481 e. The molecule has 0 unspecified atom stereocenters. The summed E-state index contributed by atoms with van der Waals surface area (Å²) in [6.45, 7) is 0. The number of fused-ring (bicyclic) bond motifs is 1. The molecule has 1 aromatic carbocycles. The molecule has 1 aromatic heterocycles. The van der Waals surface area contributed by atoms with Gasteiger partial charge in [0.2, 0.25) is 5.88 Å². The molecule has 24 heavy (non-hydrogen) atoms. The minimum absolute atomic E-state index is 0.146. The molecule has 0 atom stereocenters. The highest BCUT2D eigenvalue weighted by atomic mass is 32.1. The van der Waals surface area contributed by atoms with E-state index in [1.165, 1.54) is 11.1 Å². The molecule has 0 saturated heterocycles. The summed E-state index contributed by atoms with van der Waals surface area (Å²) in [6.07, 6.45) is 4.97. The summed E-state index contributed by atoms with van der Waals surface area (Å²) in [7, 11) is 1.61. The molecule has 7 heteroatoms. The zero-order valence-electron chi connectivity index (χ0n) is 13.3. The first-order chi connectivity index (χ1) is 11.6. The molecular formula is C17H18N4OS2. The highest BCUT2D eigenvalue weighted by Crippen LogP contribution is 2.38. The Kier molecular flexibility index (Phi) is 4.92. The molecular weight excluding hydrogens is 340 g/mol. The molecule has 0 amide bonds. The predicted octanol–water partition coefficient (Wildman–Crippen LogP) is 2.78. The molecule has 124 valence electrons. The van der Waals surface area contributed by atoms with Crippen molar-refractivity contribution in [3.05, 3.63) is 41.6 Å². The van der Waals surface area contributed by atoms with Gasteiger partial charge < -0.3 is 21.1 Å². The average Bonchev–Trinajstić information content (AvgIpc) is 3.03. The van der Waals surface area contributed by atoms with Crippen LogP contribution in [0.1, 0.15) is 17.5 Å². The van der Waals surface area contributed by atoms with Crippen molar-refractivity contribution < 1.29 is 4.74 Å². The van der Waals surface area contributed by atoms with E-state index in [2.05, 4.69) is 27.8 Å². The van der Waals surface area contributed by atoms with Gasteiger partial charge in [0.25, 0.3) is 0 Å². The number of aromatic nitrogens is 1. The second-order valence-electron chi connectivity index (χ2n) is 5.51. The van der Waals surface area contributed by atoms with E-state index in [4.69, 9.17) is 34.9 Å². The third-order valence-corrected chi connectivity index (χ3v) is 4.32. The lowest BCUT2D eigenvalue weighted by Crippen LogP contribution is -2.38. The van der Waals surface area contributed by atoms with Crippen molar-refractivity contribution in [1.82, 2.24) is 10.3 Å². The van der Waals surface area contributed by atoms with Gasteiger partial charge >= 0.3 is 0 Å². The van der Waals surface area contributed by atoms with Gasteiger partial charge in [-0.3, -0.25) is 0 Å². The van der Waals surface area contributed by atoms with Crippen LogP contribution in [0.3, 0.4) is 0 Å².